The number of allylic oxidation sites excluding steroid dienone is 5. The Labute approximate surface area is 332 Å². The number of hydrogen-bond donors (Lipinski definition) is 0. The zero-order valence-electron chi connectivity index (χ0n) is 31.7. The third-order valence-corrected chi connectivity index (χ3v) is 11.1. The minimum Gasteiger partial charge on any atom is -0.455 e. The fraction of sp³-hybridized carbons (Fsp3) is 0.0182. The third kappa shape index (κ3) is 6.09. The minimum absolute atomic E-state index is 0.886. The van der Waals surface area contributed by atoms with Crippen molar-refractivity contribution in [1.82, 2.24) is 4.57 Å². The maximum Gasteiger partial charge on any atom is 0.143 e. The van der Waals surface area contributed by atoms with E-state index in [0.717, 1.165) is 72.1 Å². The first-order valence-corrected chi connectivity index (χ1v) is 19.5. The van der Waals surface area contributed by atoms with E-state index in [0.29, 0.717) is 0 Å². The lowest BCUT2D eigenvalue weighted by Crippen LogP contribution is -1.93. The van der Waals surface area contributed by atoms with Gasteiger partial charge in [0.1, 0.15) is 11.2 Å². The Kier molecular flexibility index (Phi) is 8.58. The average molecular weight is 730 g/mol. The van der Waals surface area contributed by atoms with Gasteiger partial charge in [-0.05, 0) is 106 Å². The van der Waals surface area contributed by atoms with E-state index in [1.807, 2.05) is 12.2 Å². The van der Waals surface area contributed by atoms with E-state index in [9.17, 15) is 0 Å². The van der Waals surface area contributed by atoms with Gasteiger partial charge >= 0.3 is 0 Å². The van der Waals surface area contributed by atoms with Gasteiger partial charge in [-0.3, -0.25) is 0 Å². The molecular weight excluding hydrogens is 691 g/mol. The van der Waals surface area contributed by atoms with Crippen molar-refractivity contribution in [3.63, 3.8) is 0 Å². The van der Waals surface area contributed by atoms with E-state index in [1.54, 1.807) is 6.08 Å². The second-order valence-electron chi connectivity index (χ2n) is 14.6. The molecule has 10 rings (SSSR count). The number of rotatable bonds is 8. The molecule has 0 bridgehead atoms. The molecule has 0 aliphatic rings. The maximum atomic E-state index is 6.93. The van der Waals surface area contributed by atoms with Crippen LogP contribution in [0.5, 0.6) is 0 Å². The quantitative estimate of drug-likeness (QED) is 0.142. The largest absolute Gasteiger partial charge is 0.455 e. The van der Waals surface area contributed by atoms with Gasteiger partial charge < -0.3 is 8.98 Å². The molecule has 2 aromatic heterocycles. The van der Waals surface area contributed by atoms with Gasteiger partial charge in [-0.2, -0.15) is 0 Å². The number of hydrogen-bond acceptors (Lipinski definition) is 1. The molecular formula is C55H39NO. The highest BCUT2D eigenvalue weighted by molar-refractivity contribution is 6.13. The van der Waals surface area contributed by atoms with Gasteiger partial charge in [0.05, 0.1) is 11.0 Å². The molecule has 0 aliphatic carbocycles. The molecule has 8 aromatic carbocycles. The van der Waals surface area contributed by atoms with Crippen LogP contribution in [-0.4, -0.2) is 4.57 Å². The highest BCUT2D eigenvalue weighted by Gasteiger charge is 2.18. The third-order valence-electron chi connectivity index (χ3n) is 11.1. The zero-order chi connectivity index (χ0) is 38.3. The van der Waals surface area contributed by atoms with Crippen LogP contribution in [0.2, 0.25) is 0 Å². The molecule has 0 amide bonds. The highest BCUT2D eigenvalue weighted by Crippen LogP contribution is 2.42. The second-order valence-corrected chi connectivity index (χ2v) is 14.6. The number of furan rings is 1. The molecule has 10 aromatic rings. The Hall–Kier alpha value is -7.42. The first kappa shape index (κ1) is 34.1. The lowest BCUT2D eigenvalue weighted by Gasteiger charge is -2.13. The molecule has 0 unspecified atom stereocenters. The summed E-state index contributed by atoms with van der Waals surface area (Å²) in [5, 5.41) is 4.67. The van der Waals surface area contributed by atoms with Crippen LogP contribution in [0.25, 0.3) is 99.5 Å². The monoisotopic (exact) mass is 729 g/mol. The van der Waals surface area contributed by atoms with Gasteiger partial charge in [-0.15, -0.1) is 0 Å². The first-order chi connectivity index (χ1) is 28.1. The van der Waals surface area contributed by atoms with Crippen molar-refractivity contribution < 1.29 is 4.42 Å². The minimum atomic E-state index is 0.886. The van der Waals surface area contributed by atoms with Crippen LogP contribution in [0.3, 0.4) is 0 Å². The van der Waals surface area contributed by atoms with Gasteiger partial charge in [0, 0.05) is 38.4 Å². The van der Waals surface area contributed by atoms with E-state index in [-0.39, 0.29) is 0 Å². The molecule has 2 nitrogen and oxygen atoms in total. The predicted octanol–water partition coefficient (Wildman–Crippen LogP) is 15.5. The summed E-state index contributed by atoms with van der Waals surface area (Å²) in [5.74, 6) is 0. The number of nitrogens with zero attached hydrogens (tertiary/aromatic N) is 1. The summed E-state index contributed by atoms with van der Waals surface area (Å²) in [4.78, 5) is 0. The number of fused-ring (bicyclic) bond motifs is 6. The smallest absolute Gasteiger partial charge is 0.143 e. The molecule has 0 atom stereocenters. The Bertz CT molecular complexity index is 3190. The van der Waals surface area contributed by atoms with Gasteiger partial charge in [0.15, 0.2) is 0 Å². The summed E-state index contributed by atoms with van der Waals surface area (Å²) >= 11 is 0. The summed E-state index contributed by atoms with van der Waals surface area (Å²) in [6.45, 7) is 5.95. The van der Waals surface area contributed by atoms with Crippen molar-refractivity contribution >= 4 is 49.3 Å². The summed E-state index contributed by atoms with van der Waals surface area (Å²) in [6, 6.07) is 65.7. The van der Waals surface area contributed by atoms with Gasteiger partial charge in [-0.25, -0.2) is 0 Å². The highest BCUT2D eigenvalue weighted by atomic mass is 16.3. The number of aromatic nitrogens is 1. The zero-order valence-corrected chi connectivity index (χ0v) is 31.7. The molecule has 0 N–H and O–H groups in total. The van der Waals surface area contributed by atoms with Crippen molar-refractivity contribution in [1.29, 1.82) is 0 Å². The predicted molar refractivity (Wildman–Crippen MR) is 243 cm³/mol. The van der Waals surface area contributed by atoms with Crippen LogP contribution >= 0.6 is 0 Å². The van der Waals surface area contributed by atoms with E-state index in [2.05, 4.69) is 206 Å². The molecule has 0 spiro atoms. The van der Waals surface area contributed by atoms with E-state index >= 15 is 0 Å². The molecule has 2 heteroatoms. The molecule has 0 saturated carbocycles. The lowest BCUT2D eigenvalue weighted by molar-refractivity contribution is 0.668. The summed E-state index contributed by atoms with van der Waals surface area (Å²) in [5.41, 5.74) is 16.7. The standard InChI is InChI=1S/C55H39NO/c1-3-4-7-17-37(2)46-25-15-27-49-50-28-16-26-47(55(50)57-54(46)49)44-34-42(40-21-14-20-39(32-40)38-18-8-5-9-19-38)33-43(35-44)41-30-31-53-51(36-41)48-24-12-13-29-52(48)56(53)45-22-10-6-11-23-45/h3-36H,1H2,2H3/b7-4-,37-17+. The van der Waals surface area contributed by atoms with Crippen molar-refractivity contribution in [2.75, 3.05) is 0 Å². The van der Waals surface area contributed by atoms with Crippen LogP contribution in [0.1, 0.15) is 12.5 Å². The molecule has 0 fully saturated rings. The Morgan fingerprint density at radius 3 is 1.82 bits per heavy atom. The fourth-order valence-corrected chi connectivity index (χ4v) is 8.36. The van der Waals surface area contributed by atoms with E-state index < -0.39 is 0 Å². The lowest BCUT2D eigenvalue weighted by atomic mass is 9.91. The van der Waals surface area contributed by atoms with Gasteiger partial charge in [0.2, 0.25) is 0 Å². The van der Waals surface area contributed by atoms with Crippen molar-refractivity contribution in [3.05, 3.63) is 218 Å². The maximum absolute atomic E-state index is 6.93. The number of para-hydroxylation sites is 4. The van der Waals surface area contributed by atoms with E-state index in [4.69, 9.17) is 4.42 Å². The van der Waals surface area contributed by atoms with Crippen LogP contribution < -0.4 is 0 Å². The Morgan fingerprint density at radius 2 is 1.04 bits per heavy atom. The van der Waals surface area contributed by atoms with Crippen LogP contribution in [0.4, 0.5) is 0 Å². The summed E-state index contributed by atoms with van der Waals surface area (Å²) < 4.78 is 9.30. The average Bonchev–Trinajstić information content (AvgIpc) is 3.83. The molecule has 57 heavy (non-hydrogen) atoms. The number of benzene rings is 8. The fourth-order valence-electron chi connectivity index (χ4n) is 8.36. The van der Waals surface area contributed by atoms with Gasteiger partial charge in [-0.1, -0.05) is 158 Å². The van der Waals surface area contributed by atoms with E-state index in [1.165, 1.54) is 32.9 Å². The SMILES string of the molecule is C=C/C=C\C=C(/C)c1cccc2c1oc1c(-c3cc(-c4cccc(-c5ccccc5)c4)cc(-c4ccc5c(c4)c4ccccc4n5-c4ccccc4)c3)cccc12. The first-order valence-electron chi connectivity index (χ1n) is 19.5. The topological polar surface area (TPSA) is 18.1 Å². The van der Waals surface area contributed by atoms with Crippen molar-refractivity contribution in [2.24, 2.45) is 0 Å². The Balaban J connectivity index is 1.19. The van der Waals surface area contributed by atoms with Gasteiger partial charge in [0.25, 0.3) is 0 Å². The van der Waals surface area contributed by atoms with Crippen LogP contribution in [0.15, 0.2) is 217 Å². The molecule has 270 valence electrons. The van der Waals surface area contributed by atoms with Crippen molar-refractivity contribution in [2.45, 2.75) is 6.92 Å². The van der Waals surface area contributed by atoms with Crippen LogP contribution in [-0.2, 0) is 0 Å². The molecule has 2 heterocycles. The second kappa shape index (κ2) is 14.3. The van der Waals surface area contributed by atoms with Crippen molar-refractivity contribution in [3.8, 4) is 50.2 Å². The molecule has 0 aliphatic heterocycles. The molecule has 0 radical (unpaired) electrons. The normalized spacial score (nSPS) is 12.1. The summed E-state index contributed by atoms with van der Waals surface area (Å²) in [7, 11) is 0. The Morgan fingerprint density at radius 1 is 0.456 bits per heavy atom. The molecule has 0 saturated heterocycles. The van der Waals surface area contributed by atoms with Crippen LogP contribution in [0, 0.1) is 0 Å². The summed E-state index contributed by atoms with van der Waals surface area (Å²) in [6.07, 6.45) is 7.86.